The molecule has 1 aromatic rings. The van der Waals surface area contributed by atoms with Crippen LogP contribution in [-0.4, -0.2) is 32.1 Å². The molecule has 1 aromatic carbocycles. The zero-order chi connectivity index (χ0) is 13.1. The third kappa shape index (κ3) is 3.33. The molecule has 1 aliphatic rings. The lowest BCUT2D eigenvalue weighted by Gasteiger charge is -2.25. The minimum Gasteiger partial charge on any atom is -0.312 e. The first-order valence-electron chi connectivity index (χ1n) is 7.03. The first-order chi connectivity index (χ1) is 8.61. The summed E-state index contributed by atoms with van der Waals surface area (Å²) < 4.78 is 0. The highest BCUT2D eigenvalue weighted by Gasteiger charge is 2.33. The first-order valence-corrected chi connectivity index (χ1v) is 7.03. The Kier molecular flexibility index (Phi) is 4.41. The van der Waals surface area contributed by atoms with Gasteiger partial charge in [0.15, 0.2) is 0 Å². The summed E-state index contributed by atoms with van der Waals surface area (Å²) in [5.74, 6) is 1.88. The molecule has 0 aromatic heterocycles. The van der Waals surface area contributed by atoms with Gasteiger partial charge in [-0.15, -0.1) is 0 Å². The molecule has 2 heteroatoms. The van der Waals surface area contributed by atoms with Crippen molar-refractivity contribution in [1.82, 2.24) is 10.2 Å². The largest absolute Gasteiger partial charge is 0.312 e. The molecule has 1 aliphatic carbocycles. The van der Waals surface area contributed by atoms with Crippen LogP contribution in [0.25, 0.3) is 0 Å². The lowest BCUT2D eigenvalue weighted by Crippen LogP contribution is -2.33. The van der Waals surface area contributed by atoms with E-state index in [1.54, 1.807) is 0 Å². The van der Waals surface area contributed by atoms with Gasteiger partial charge in [0, 0.05) is 19.1 Å². The maximum atomic E-state index is 3.45. The van der Waals surface area contributed by atoms with Gasteiger partial charge in [-0.3, -0.25) is 0 Å². The van der Waals surface area contributed by atoms with Gasteiger partial charge in [-0.05, 0) is 50.4 Å². The molecule has 0 saturated heterocycles. The minimum absolute atomic E-state index is 0.435. The summed E-state index contributed by atoms with van der Waals surface area (Å²) in [5, 5.41) is 3.45. The van der Waals surface area contributed by atoms with Crippen LogP contribution in [0.2, 0.25) is 0 Å². The molecule has 3 unspecified atom stereocenters. The van der Waals surface area contributed by atoms with Crippen LogP contribution in [0.1, 0.15) is 30.5 Å². The van der Waals surface area contributed by atoms with Gasteiger partial charge in [0.2, 0.25) is 0 Å². The van der Waals surface area contributed by atoms with Gasteiger partial charge in [-0.1, -0.05) is 31.2 Å². The molecule has 100 valence electrons. The van der Waals surface area contributed by atoms with Crippen molar-refractivity contribution in [3.63, 3.8) is 0 Å². The highest BCUT2D eigenvalue weighted by molar-refractivity contribution is 5.28. The van der Waals surface area contributed by atoms with E-state index in [0.29, 0.717) is 6.04 Å². The molecule has 1 fully saturated rings. The fraction of sp³-hybridized carbons (Fsp3) is 0.625. The molecule has 3 atom stereocenters. The zero-order valence-electron chi connectivity index (χ0n) is 12.1. The Morgan fingerprint density at radius 2 is 2.06 bits per heavy atom. The highest BCUT2D eigenvalue weighted by Crippen LogP contribution is 2.38. The molecule has 0 spiro atoms. The highest BCUT2D eigenvalue weighted by atomic mass is 15.1. The number of likely N-dealkylation sites (N-methyl/N-ethyl adjacent to an activating group) is 2. The Hall–Kier alpha value is -0.860. The maximum absolute atomic E-state index is 3.45. The van der Waals surface area contributed by atoms with Crippen LogP contribution in [-0.2, 0) is 0 Å². The predicted octanol–water partition coefficient (Wildman–Crippen LogP) is 2.84. The average Bonchev–Trinajstić information content (AvgIpc) is 3.03. The monoisotopic (exact) mass is 246 g/mol. The summed E-state index contributed by atoms with van der Waals surface area (Å²) in [6.07, 6.45) is 1.42. The molecule has 0 bridgehead atoms. The van der Waals surface area contributed by atoms with Gasteiger partial charge in [0.05, 0.1) is 0 Å². The van der Waals surface area contributed by atoms with Gasteiger partial charge < -0.3 is 10.2 Å². The Balaban J connectivity index is 1.94. The Morgan fingerprint density at radius 3 is 2.61 bits per heavy atom. The van der Waals surface area contributed by atoms with E-state index in [4.69, 9.17) is 0 Å². The van der Waals surface area contributed by atoms with E-state index in [0.717, 1.165) is 18.4 Å². The van der Waals surface area contributed by atoms with Crippen LogP contribution in [0.3, 0.4) is 0 Å². The number of nitrogens with zero attached hydrogens (tertiary/aromatic N) is 1. The van der Waals surface area contributed by atoms with E-state index in [9.17, 15) is 0 Å². The Labute approximate surface area is 111 Å². The summed E-state index contributed by atoms with van der Waals surface area (Å²) >= 11 is 0. The SMILES string of the molecule is CNC(CN(C)CC1CC1C)c1ccccc1C. The fourth-order valence-corrected chi connectivity index (χ4v) is 2.76. The molecular weight excluding hydrogens is 220 g/mol. The number of rotatable bonds is 6. The molecule has 2 rings (SSSR count). The van der Waals surface area contributed by atoms with Gasteiger partial charge >= 0.3 is 0 Å². The number of hydrogen-bond donors (Lipinski definition) is 1. The summed E-state index contributed by atoms with van der Waals surface area (Å²) in [4.78, 5) is 2.47. The smallest absolute Gasteiger partial charge is 0.0449 e. The normalized spacial score (nSPS) is 24.3. The molecule has 1 saturated carbocycles. The van der Waals surface area contributed by atoms with Crippen LogP contribution in [0.5, 0.6) is 0 Å². The molecular formula is C16H26N2. The van der Waals surface area contributed by atoms with Crippen LogP contribution >= 0.6 is 0 Å². The topological polar surface area (TPSA) is 15.3 Å². The van der Waals surface area contributed by atoms with E-state index < -0.39 is 0 Å². The van der Waals surface area contributed by atoms with Gasteiger partial charge in [0.1, 0.15) is 0 Å². The number of nitrogens with one attached hydrogen (secondary N) is 1. The predicted molar refractivity (Wildman–Crippen MR) is 77.7 cm³/mol. The second-order valence-electron chi connectivity index (χ2n) is 5.89. The molecule has 2 nitrogen and oxygen atoms in total. The van der Waals surface area contributed by atoms with Crippen molar-refractivity contribution in [3.05, 3.63) is 35.4 Å². The fourth-order valence-electron chi connectivity index (χ4n) is 2.76. The summed E-state index contributed by atoms with van der Waals surface area (Å²) in [5.41, 5.74) is 2.81. The maximum Gasteiger partial charge on any atom is 0.0449 e. The van der Waals surface area contributed by atoms with Crippen LogP contribution in [0.15, 0.2) is 24.3 Å². The molecule has 18 heavy (non-hydrogen) atoms. The molecule has 0 aliphatic heterocycles. The van der Waals surface area contributed by atoms with E-state index >= 15 is 0 Å². The Morgan fingerprint density at radius 1 is 1.39 bits per heavy atom. The standard InChI is InChI=1S/C16H26N2/c1-12-7-5-6-8-15(12)16(17-3)11-18(4)10-14-9-13(14)2/h5-8,13-14,16-17H,9-11H2,1-4H3. The van der Waals surface area contributed by atoms with Gasteiger partial charge in [-0.2, -0.15) is 0 Å². The van der Waals surface area contributed by atoms with Crippen LogP contribution in [0.4, 0.5) is 0 Å². The minimum atomic E-state index is 0.435. The van der Waals surface area contributed by atoms with Crippen molar-refractivity contribution < 1.29 is 0 Å². The van der Waals surface area contributed by atoms with Crippen LogP contribution < -0.4 is 5.32 Å². The number of benzene rings is 1. The van der Waals surface area contributed by atoms with E-state index in [2.05, 4.69) is 62.4 Å². The van der Waals surface area contributed by atoms with Crippen molar-refractivity contribution in [2.75, 3.05) is 27.2 Å². The van der Waals surface area contributed by atoms with Crippen molar-refractivity contribution in [2.45, 2.75) is 26.3 Å². The summed E-state index contributed by atoms with van der Waals surface area (Å²) in [6.45, 7) is 6.88. The van der Waals surface area contributed by atoms with E-state index in [1.807, 2.05) is 0 Å². The van der Waals surface area contributed by atoms with E-state index in [1.165, 1.54) is 24.1 Å². The molecule has 1 N–H and O–H groups in total. The summed E-state index contributed by atoms with van der Waals surface area (Å²) in [7, 11) is 4.30. The van der Waals surface area contributed by atoms with E-state index in [-0.39, 0.29) is 0 Å². The van der Waals surface area contributed by atoms with Crippen molar-refractivity contribution in [3.8, 4) is 0 Å². The lowest BCUT2D eigenvalue weighted by atomic mass is 10.0. The number of aryl methyl sites for hydroxylation is 1. The molecule has 0 amide bonds. The molecule has 0 heterocycles. The average molecular weight is 246 g/mol. The van der Waals surface area contributed by atoms with Crippen molar-refractivity contribution in [2.24, 2.45) is 11.8 Å². The van der Waals surface area contributed by atoms with Crippen LogP contribution in [0, 0.1) is 18.8 Å². The van der Waals surface area contributed by atoms with Gasteiger partial charge in [0.25, 0.3) is 0 Å². The zero-order valence-corrected chi connectivity index (χ0v) is 12.1. The third-order valence-electron chi connectivity index (χ3n) is 4.23. The Bertz CT molecular complexity index is 388. The van der Waals surface area contributed by atoms with Crippen molar-refractivity contribution in [1.29, 1.82) is 0 Å². The molecule has 0 radical (unpaired) electrons. The third-order valence-corrected chi connectivity index (χ3v) is 4.23. The van der Waals surface area contributed by atoms with Crippen molar-refractivity contribution >= 4 is 0 Å². The number of hydrogen-bond acceptors (Lipinski definition) is 2. The summed E-state index contributed by atoms with van der Waals surface area (Å²) in [6, 6.07) is 9.12. The van der Waals surface area contributed by atoms with Gasteiger partial charge in [-0.25, -0.2) is 0 Å². The second-order valence-corrected chi connectivity index (χ2v) is 5.89. The second kappa shape index (κ2) is 5.85. The lowest BCUT2D eigenvalue weighted by molar-refractivity contribution is 0.281. The first kappa shape index (κ1) is 13.6. The quantitative estimate of drug-likeness (QED) is 0.830.